The van der Waals surface area contributed by atoms with Crippen molar-refractivity contribution in [3.8, 4) is 0 Å². The first-order valence-corrected chi connectivity index (χ1v) is 3.71. The smallest absolute Gasteiger partial charge is 0.291 e. The summed E-state index contributed by atoms with van der Waals surface area (Å²) < 4.78 is 0. The van der Waals surface area contributed by atoms with E-state index < -0.39 is 5.91 Å². The summed E-state index contributed by atoms with van der Waals surface area (Å²) in [5.41, 5.74) is -0.0237. The lowest BCUT2D eigenvalue weighted by molar-refractivity contribution is -0.160. The van der Waals surface area contributed by atoms with Gasteiger partial charge in [-0.25, -0.2) is 5.06 Å². The van der Waals surface area contributed by atoms with Crippen LogP contribution in [0.4, 0.5) is 0 Å². The highest BCUT2D eigenvalue weighted by atomic mass is 79.9. The number of hydrogen-bond acceptors (Lipinski definition) is 3. The number of halogens is 1. The van der Waals surface area contributed by atoms with Crippen LogP contribution >= 0.6 is 15.9 Å². The maximum atomic E-state index is 10.9. The van der Waals surface area contributed by atoms with E-state index in [1.165, 1.54) is 14.2 Å². The molecule has 0 bridgehead atoms. The third-order valence-corrected chi connectivity index (χ3v) is 1.51. The number of carbonyl (C=O) groups excluding carboxylic acids is 1. The molecule has 10 heavy (non-hydrogen) atoms. The molecule has 0 aromatic rings. The van der Waals surface area contributed by atoms with E-state index in [0.717, 1.165) is 5.06 Å². The van der Waals surface area contributed by atoms with Crippen molar-refractivity contribution in [1.29, 1.82) is 5.41 Å². The predicted molar refractivity (Wildman–Crippen MR) is 41.3 cm³/mol. The van der Waals surface area contributed by atoms with E-state index in [1.807, 2.05) is 0 Å². The van der Waals surface area contributed by atoms with Crippen LogP contribution in [0.1, 0.15) is 0 Å². The molecular formula is C5H9BrN2O2. The summed E-state index contributed by atoms with van der Waals surface area (Å²) in [7, 11) is 2.83. The zero-order valence-electron chi connectivity index (χ0n) is 5.85. The molecule has 0 aromatic carbocycles. The lowest BCUT2D eigenvalue weighted by Gasteiger charge is -2.12. The largest absolute Gasteiger partial charge is 0.299 e. The van der Waals surface area contributed by atoms with Crippen LogP contribution in [0.5, 0.6) is 0 Å². The van der Waals surface area contributed by atoms with Gasteiger partial charge in [0.25, 0.3) is 5.91 Å². The molecule has 0 heterocycles. The zero-order valence-corrected chi connectivity index (χ0v) is 7.43. The van der Waals surface area contributed by atoms with Crippen molar-refractivity contribution < 1.29 is 9.63 Å². The molecule has 0 saturated carbocycles. The molecule has 0 aromatic heterocycles. The highest BCUT2D eigenvalue weighted by Gasteiger charge is 2.12. The molecule has 1 amide bonds. The van der Waals surface area contributed by atoms with Crippen LogP contribution in [0.15, 0.2) is 0 Å². The predicted octanol–water partition coefficient (Wildman–Crippen LogP) is 0.421. The van der Waals surface area contributed by atoms with Crippen molar-refractivity contribution >= 4 is 27.5 Å². The Morgan fingerprint density at radius 3 is 2.60 bits per heavy atom. The van der Waals surface area contributed by atoms with Gasteiger partial charge in [0, 0.05) is 7.05 Å². The molecule has 0 aliphatic rings. The third-order valence-electron chi connectivity index (χ3n) is 0.952. The van der Waals surface area contributed by atoms with Gasteiger partial charge in [-0.3, -0.25) is 15.0 Å². The van der Waals surface area contributed by atoms with Gasteiger partial charge in [-0.15, -0.1) is 0 Å². The van der Waals surface area contributed by atoms with Gasteiger partial charge in [-0.2, -0.15) is 0 Å². The minimum atomic E-state index is -0.431. The van der Waals surface area contributed by atoms with E-state index in [-0.39, 0.29) is 11.0 Å². The van der Waals surface area contributed by atoms with Gasteiger partial charge in [-0.05, 0) is 0 Å². The molecule has 58 valence electrons. The van der Waals surface area contributed by atoms with E-state index in [9.17, 15) is 4.79 Å². The lowest BCUT2D eigenvalue weighted by atomic mass is 10.4. The van der Waals surface area contributed by atoms with E-state index in [0.29, 0.717) is 0 Å². The fourth-order valence-corrected chi connectivity index (χ4v) is 0.570. The number of alkyl halides is 1. The van der Waals surface area contributed by atoms with Crippen LogP contribution in [0, 0.1) is 5.41 Å². The normalized spacial score (nSPS) is 9.10. The highest BCUT2D eigenvalue weighted by molar-refractivity contribution is 9.09. The summed E-state index contributed by atoms with van der Waals surface area (Å²) in [4.78, 5) is 15.4. The second kappa shape index (κ2) is 4.40. The molecule has 4 nitrogen and oxygen atoms in total. The number of nitrogens with zero attached hydrogens (tertiary/aromatic N) is 1. The third kappa shape index (κ3) is 2.45. The Kier molecular flexibility index (Phi) is 4.22. The average Bonchev–Trinajstić information content (AvgIpc) is 2.00. The Bertz CT molecular complexity index is 149. The molecular weight excluding hydrogens is 200 g/mol. The Labute approximate surface area is 67.7 Å². The molecule has 5 heteroatoms. The van der Waals surface area contributed by atoms with E-state index >= 15 is 0 Å². The maximum absolute atomic E-state index is 10.9. The molecule has 0 unspecified atom stereocenters. The Hall–Kier alpha value is -0.420. The summed E-state index contributed by atoms with van der Waals surface area (Å²) >= 11 is 2.99. The number of rotatable bonds is 3. The Morgan fingerprint density at radius 2 is 2.30 bits per heavy atom. The lowest BCUT2D eigenvalue weighted by Crippen LogP contribution is -2.32. The second-order valence-electron chi connectivity index (χ2n) is 1.60. The van der Waals surface area contributed by atoms with Crippen molar-refractivity contribution in [2.24, 2.45) is 0 Å². The summed E-state index contributed by atoms with van der Waals surface area (Å²) in [6, 6.07) is 0. The molecule has 0 rings (SSSR count). The number of carbonyl (C=O) groups is 1. The Balaban J connectivity index is 3.95. The van der Waals surface area contributed by atoms with Crippen molar-refractivity contribution in [2.45, 2.75) is 0 Å². The highest BCUT2D eigenvalue weighted by Crippen LogP contribution is 1.90. The van der Waals surface area contributed by atoms with Crippen molar-refractivity contribution in [1.82, 2.24) is 5.06 Å². The van der Waals surface area contributed by atoms with Crippen LogP contribution in [0.2, 0.25) is 0 Å². The minimum absolute atomic E-state index is 0.0237. The molecule has 0 aliphatic heterocycles. The van der Waals surface area contributed by atoms with Gasteiger partial charge in [0.15, 0.2) is 0 Å². The molecule has 0 atom stereocenters. The second-order valence-corrected chi connectivity index (χ2v) is 2.16. The summed E-state index contributed by atoms with van der Waals surface area (Å²) in [6.45, 7) is 0. The quantitative estimate of drug-likeness (QED) is 0.416. The fourth-order valence-electron chi connectivity index (χ4n) is 0.330. The van der Waals surface area contributed by atoms with Gasteiger partial charge in [-0.1, -0.05) is 15.9 Å². The van der Waals surface area contributed by atoms with Gasteiger partial charge >= 0.3 is 0 Å². The molecule has 0 aliphatic carbocycles. The first-order valence-electron chi connectivity index (χ1n) is 2.59. The summed E-state index contributed by atoms with van der Waals surface area (Å²) in [5, 5.41) is 8.31. The summed E-state index contributed by atoms with van der Waals surface area (Å²) in [5.74, 6) is -0.431. The first kappa shape index (κ1) is 9.58. The first-order chi connectivity index (χ1) is 4.63. The number of amides is 1. The standard InChI is InChI=1S/C5H9BrN2O2/c1-8(10-2)5(9)4(7)3-6/h7H,3H2,1-2H3. The van der Waals surface area contributed by atoms with Crippen LogP contribution in [0.25, 0.3) is 0 Å². The molecule has 0 saturated heterocycles. The minimum Gasteiger partial charge on any atom is -0.299 e. The number of hydrogen-bond donors (Lipinski definition) is 1. The van der Waals surface area contributed by atoms with Gasteiger partial charge in [0.05, 0.1) is 12.4 Å². The topological polar surface area (TPSA) is 53.4 Å². The molecule has 0 radical (unpaired) electrons. The molecule has 0 spiro atoms. The number of hydroxylamine groups is 2. The number of nitrogens with one attached hydrogen (secondary N) is 1. The van der Waals surface area contributed by atoms with Gasteiger partial charge < -0.3 is 0 Å². The monoisotopic (exact) mass is 208 g/mol. The van der Waals surface area contributed by atoms with Crippen LogP contribution in [-0.2, 0) is 9.63 Å². The summed E-state index contributed by atoms with van der Waals surface area (Å²) in [6.07, 6.45) is 0. The Morgan fingerprint density at radius 1 is 1.80 bits per heavy atom. The van der Waals surface area contributed by atoms with E-state index in [4.69, 9.17) is 5.41 Å². The fraction of sp³-hybridized carbons (Fsp3) is 0.600. The van der Waals surface area contributed by atoms with Crippen molar-refractivity contribution in [3.05, 3.63) is 0 Å². The van der Waals surface area contributed by atoms with Crippen molar-refractivity contribution in [2.75, 3.05) is 19.5 Å². The molecule has 1 N–H and O–H groups in total. The zero-order chi connectivity index (χ0) is 8.15. The SMILES string of the molecule is CON(C)C(=O)C(=N)CBr. The van der Waals surface area contributed by atoms with Gasteiger partial charge in [0.2, 0.25) is 0 Å². The van der Waals surface area contributed by atoms with Crippen LogP contribution < -0.4 is 0 Å². The molecule has 0 fully saturated rings. The average molecular weight is 209 g/mol. The van der Waals surface area contributed by atoms with E-state index in [2.05, 4.69) is 20.8 Å². The van der Waals surface area contributed by atoms with Crippen LogP contribution in [-0.4, -0.2) is 36.2 Å². The van der Waals surface area contributed by atoms with Crippen molar-refractivity contribution in [3.63, 3.8) is 0 Å². The maximum Gasteiger partial charge on any atom is 0.291 e. The van der Waals surface area contributed by atoms with Gasteiger partial charge in [0.1, 0.15) is 5.71 Å². The van der Waals surface area contributed by atoms with E-state index in [1.54, 1.807) is 0 Å². The van der Waals surface area contributed by atoms with Crippen LogP contribution in [0.3, 0.4) is 0 Å².